The fourth-order valence-electron chi connectivity index (χ4n) is 2.36. The SMILES string of the molecule is Cc1ccccc1C(=O)NCCc1cn2cc(Br)ccc2n1. The molecule has 22 heavy (non-hydrogen) atoms. The monoisotopic (exact) mass is 357 g/mol. The van der Waals surface area contributed by atoms with Gasteiger partial charge in [0.05, 0.1) is 5.69 Å². The number of aryl methyl sites for hydroxylation is 1. The number of carbonyl (C=O) groups is 1. The van der Waals surface area contributed by atoms with Crippen LogP contribution in [0.15, 0.2) is 53.3 Å². The molecular formula is C17H16BrN3O. The van der Waals surface area contributed by atoms with Crippen molar-refractivity contribution in [2.24, 2.45) is 0 Å². The van der Waals surface area contributed by atoms with Crippen LogP contribution in [0.1, 0.15) is 21.6 Å². The van der Waals surface area contributed by atoms with Crippen LogP contribution in [0.3, 0.4) is 0 Å². The molecule has 0 fully saturated rings. The molecule has 1 amide bonds. The van der Waals surface area contributed by atoms with Gasteiger partial charge in [-0.3, -0.25) is 4.79 Å². The van der Waals surface area contributed by atoms with Gasteiger partial charge >= 0.3 is 0 Å². The Morgan fingerprint density at radius 2 is 2.05 bits per heavy atom. The number of benzene rings is 1. The Hall–Kier alpha value is -2.14. The molecule has 0 aliphatic heterocycles. The summed E-state index contributed by atoms with van der Waals surface area (Å²) in [5.74, 6) is -0.0374. The average Bonchev–Trinajstić information content (AvgIpc) is 2.89. The van der Waals surface area contributed by atoms with Crippen LogP contribution < -0.4 is 5.32 Å². The Balaban J connectivity index is 1.62. The van der Waals surface area contributed by atoms with E-state index in [1.807, 2.05) is 60.1 Å². The molecule has 0 saturated carbocycles. The number of nitrogens with one attached hydrogen (secondary N) is 1. The Morgan fingerprint density at radius 3 is 2.86 bits per heavy atom. The Labute approximate surface area is 137 Å². The number of hydrogen-bond acceptors (Lipinski definition) is 2. The fourth-order valence-corrected chi connectivity index (χ4v) is 2.72. The summed E-state index contributed by atoms with van der Waals surface area (Å²) < 4.78 is 2.99. The van der Waals surface area contributed by atoms with Gasteiger partial charge in [-0.15, -0.1) is 0 Å². The van der Waals surface area contributed by atoms with Crippen LogP contribution in [0.5, 0.6) is 0 Å². The van der Waals surface area contributed by atoms with Gasteiger partial charge in [0.15, 0.2) is 0 Å². The highest BCUT2D eigenvalue weighted by atomic mass is 79.9. The van der Waals surface area contributed by atoms with Crippen LogP contribution in [0.4, 0.5) is 0 Å². The zero-order valence-electron chi connectivity index (χ0n) is 12.2. The minimum Gasteiger partial charge on any atom is -0.352 e. The zero-order valence-corrected chi connectivity index (χ0v) is 13.8. The van der Waals surface area contributed by atoms with Crippen molar-refractivity contribution >= 4 is 27.5 Å². The van der Waals surface area contributed by atoms with Gasteiger partial charge in [0, 0.05) is 35.4 Å². The van der Waals surface area contributed by atoms with Crippen molar-refractivity contribution in [3.05, 3.63) is 70.1 Å². The lowest BCUT2D eigenvalue weighted by atomic mass is 10.1. The standard InChI is InChI=1S/C17H16BrN3O/c1-12-4-2-3-5-15(12)17(22)19-9-8-14-11-21-10-13(18)6-7-16(21)20-14/h2-7,10-11H,8-9H2,1H3,(H,19,22). The van der Waals surface area contributed by atoms with E-state index >= 15 is 0 Å². The molecule has 0 spiro atoms. The summed E-state index contributed by atoms with van der Waals surface area (Å²) in [5.41, 5.74) is 3.57. The molecule has 0 aliphatic carbocycles. The van der Waals surface area contributed by atoms with E-state index in [-0.39, 0.29) is 5.91 Å². The molecule has 0 atom stereocenters. The van der Waals surface area contributed by atoms with Crippen LogP contribution >= 0.6 is 15.9 Å². The van der Waals surface area contributed by atoms with Crippen molar-refractivity contribution in [3.8, 4) is 0 Å². The van der Waals surface area contributed by atoms with Gasteiger partial charge < -0.3 is 9.72 Å². The van der Waals surface area contributed by atoms with Crippen molar-refractivity contribution < 1.29 is 4.79 Å². The number of halogens is 1. The summed E-state index contributed by atoms with van der Waals surface area (Å²) in [6, 6.07) is 11.5. The van der Waals surface area contributed by atoms with E-state index in [0.29, 0.717) is 13.0 Å². The second-order valence-corrected chi connectivity index (χ2v) is 6.08. The molecule has 1 N–H and O–H groups in total. The number of nitrogens with zero attached hydrogens (tertiary/aromatic N) is 2. The van der Waals surface area contributed by atoms with Gasteiger partial charge in [-0.25, -0.2) is 4.98 Å². The zero-order chi connectivity index (χ0) is 15.5. The first kappa shape index (κ1) is 14.8. The number of fused-ring (bicyclic) bond motifs is 1. The molecule has 0 unspecified atom stereocenters. The molecule has 3 rings (SSSR count). The normalized spacial score (nSPS) is 10.8. The van der Waals surface area contributed by atoms with Crippen molar-refractivity contribution in [3.63, 3.8) is 0 Å². The van der Waals surface area contributed by atoms with Gasteiger partial charge in [-0.05, 0) is 46.6 Å². The maximum Gasteiger partial charge on any atom is 0.251 e. The van der Waals surface area contributed by atoms with Crippen LogP contribution in [0.25, 0.3) is 5.65 Å². The largest absolute Gasteiger partial charge is 0.352 e. The first-order chi connectivity index (χ1) is 10.6. The van der Waals surface area contributed by atoms with E-state index in [1.165, 1.54) is 0 Å². The summed E-state index contributed by atoms with van der Waals surface area (Å²) >= 11 is 3.44. The van der Waals surface area contributed by atoms with Crippen LogP contribution in [0.2, 0.25) is 0 Å². The summed E-state index contributed by atoms with van der Waals surface area (Å²) in [6.45, 7) is 2.51. The van der Waals surface area contributed by atoms with E-state index in [1.54, 1.807) is 0 Å². The number of imidazole rings is 1. The number of hydrogen-bond donors (Lipinski definition) is 1. The maximum atomic E-state index is 12.1. The quantitative estimate of drug-likeness (QED) is 0.777. The summed E-state index contributed by atoms with van der Waals surface area (Å²) in [5, 5.41) is 2.95. The topological polar surface area (TPSA) is 46.4 Å². The molecule has 3 aromatic rings. The molecule has 112 valence electrons. The Kier molecular flexibility index (Phi) is 4.24. The molecule has 0 aliphatic rings. The van der Waals surface area contributed by atoms with Crippen molar-refractivity contribution in [1.82, 2.24) is 14.7 Å². The van der Waals surface area contributed by atoms with Crippen molar-refractivity contribution in [2.75, 3.05) is 6.54 Å². The lowest BCUT2D eigenvalue weighted by Gasteiger charge is -2.06. The highest BCUT2D eigenvalue weighted by Crippen LogP contribution is 2.12. The third kappa shape index (κ3) is 3.20. The van der Waals surface area contributed by atoms with E-state index in [4.69, 9.17) is 0 Å². The van der Waals surface area contributed by atoms with E-state index < -0.39 is 0 Å². The molecule has 5 heteroatoms. The highest BCUT2D eigenvalue weighted by Gasteiger charge is 2.08. The lowest BCUT2D eigenvalue weighted by Crippen LogP contribution is -2.26. The minimum atomic E-state index is -0.0374. The molecule has 4 nitrogen and oxygen atoms in total. The van der Waals surface area contributed by atoms with E-state index in [2.05, 4.69) is 26.2 Å². The van der Waals surface area contributed by atoms with E-state index in [9.17, 15) is 4.79 Å². The van der Waals surface area contributed by atoms with Crippen molar-refractivity contribution in [1.29, 1.82) is 0 Å². The molecule has 2 aromatic heterocycles. The van der Waals surface area contributed by atoms with Crippen molar-refractivity contribution in [2.45, 2.75) is 13.3 Å². The van der Waals surface area contributed by atoms with Gasteiger partial charge in [0.2, 0.25) is 0 Å². The third-order valence-electron chi connectivity index (χ3n) is 3.52. The summed E-state index contributed by atoms with van der Waals surface area (Å²) in [4.78, 5) is 16.7. The van der Waals surface area contributed by atoms with Gasteiger partial charge in [-0.2, -0.15) is 0 Å². The van der Waals surface area contributed by atoms with Gasteiger partial charge in [-0.1, -0.05) is 18.2 Å². The number of aromatic nitrogens is 2. The number of carbonyl (C=O) groups excluding carboxylic acids is 1. The van der Waals surface area contributed by atoms with Gasteiger partial charge in [0.1, 0.15) is 5.65 Å². The van der Waals surface area contributed by atoms with Gasteiger partial charge in [0.25, 0.3) is 5.91 Å². The Bertz CT molecular complexity index is 826. The summed E-state index contributed by atoms with van der Waals surface area (Å²) in [6.07, 6.45) is 4.66. The van der Waals surface area contributed by atoms with Crippen LogP contribution in [-0.4, -0.2) is 21.8 Å². The molecule has 1 aromatic carbocycles. The van der Waals surface area contributed by atoms with Crippen LogP contribution in [0, 0.1) is 6.92 Å². The molecule has 0 radical (unpaired) electrons. The first-order valence-electron chi connectivity index (χ1n) is 7.10. The molecule has 0 saturated heterocycles. The first-order valence-corrected chi connectivity index (χ1v) is 7.90. The molecular weight excluding hydrogens is 342 g/mol. The highest BCUT2D eigenvalue weighted by molar-refractivity contribution is 9.10. The van der Waals surface area contributed by atoms with Crippen LogP contribution in [-0.2, 0) is 6.42 Å². The predicted molar refractivity (Wildman–Crippen MR) is 90.1 cm³/mol. The Morgan fingerprint density at radius 1 is 1.23 bits per heavy atom. The second kappa shape index (κ2) is 6.32. The summed E-state index contributed by atoms with van der Waals surface area (Å²) in [7, 11) is 0. The number of pyridine rings is 1. The number of rotatable bonds is 4. The van der Waals surface area contributed by atoms with E-state index in [0.717, 1.165) is 26.9 Å². The predicted octanol–water partition coefficient (Wildman–Crippen LogP) is 3.38. The third-order valence-corrected chi connectivity index (χ3v) is 3.99. The lowest BCUT2D eigenvalue weighted by molar-refractivity contribution is 0.0953. The smallest absolute Gasteiger partial charge is 0.251 e. The maximum absolute atomic E-state index is 12.1. The molecule has 2 heterocycles. The fraction of sp³-hybridized carbons (Fsp3) is 0.176. The minimum absolute atomic E-state index is 0.0374. The molecule has 0 bridgehead atoms. The number of amides is 1. The average molecular weight is 358 g/mol. The second-order valence-electron chi connectivity index (χ2n) is 5.17.